The lowest BCUT2D eigenvalue weighted by molar-refractivity contribution is -0.127. The van der Waals surface area contributed by atoms with Crippen molar-refractivity contribution in [2.24, 2.45) is 0 Å². The Hall–Kier alpha value is -2.96. The van der Waals surface area contributed by atoms with E-state index in [0.717, 1.165) is 75.2 Å². The maximum Gasteiger partial charge on any atom is 0.246 e. The van der Waals surface area contributed by atoms with Crippen molar-refractivity contribution in [1.82, 2.24) is 9.80 Å². The van der Waals surface area contributed by atoms with Gasteiger partial charge >= 0.3 is 0 Å². The molecule has 2 aliphatic rings. The molecule has 0 aliphatic carbocycles. The van der Waals surface area contributed by atoms with Crippen molar-refractivity contribution in [3.8, 4) is 0 Å². The molecule has 8 heteroatoms. The molecule has 2 aromatic carbocycles. The SMILES string of the molecule is CCCCCCC/C=C/C(=O)N1CCN(c2ccc(Cl)cc2)CC1.CCCCCCC/C=C/C(=O)N1CCN(c2ccc(Cl)cc2)CC1. The average Bonchev–Trinajstić information content (AvgIpc) is 3.12. The van der Waals surface area contributed by atoms with Gasteiger partial charge in [-0.3, -0.25) is 9.59 Å². The molecule has 2 aromatic rings. The van der Waals surface area contributed by atoms with E-state index in [2.05, 4.69) is 23.6 Å². The summed E-state index contributed by atoms with van der Waals surface area (Å²) in [6.07, 6.45) is 22.4. The maximum atomic E-state index is 12.2. The van der Waals surface area contributed by atoms with Gasteiger partial charge in [-0.1, -0.05) is 101 Å². The molecule has 6 nitrogen and oxygen atoms in total. The van der Waals surface area contributed by atoms with E-state index in [4.69, 9.17) is 23.2 Å². The minimum absolute atomic E-state index is 0.152. The standard InChI is InChI=1S/2C20H29ClN2O/c2*1-2-3-4-5-6-7-8-9-20(24)23-16-14-22(15-17-23)19-12-10-18(21)11-13-19/h2*8-13H,2-7,14-17H2,1H3/b2*9-8+. The first kappa shape index (κ1) is 39.5. The number of rotatable bonds is 16. The van der Waals surface area contributed by atoms with E-state index >= 15 is 0 Å². The number of halogens is 2. The predicted octanol–water partition coefficient (Wildman–Crippen LogP) is 9.81. The Kier molecular flexibility index (Phi) is 19.2. The van der Waals surface area contributed by atoms with E-state index in [-0.39, 0.29) is 11.8 Å². The van der Waals surface area contributed by atoms with Gasteiger partial charge in [-0.15, -0.1) is 0 Å². The summed E-state index contributed by atoms with van der Waals surface area (Å²) < 4.78 is 0. The third-order valence-electron chi connectivity index (χ3n) is 9.04. The number of anilines is 2. The number of nitrogens with zero attached hydrogens (tertiary/aromatic N) is 4. The zero-order chi connectivity index (χ0) is 34.4. The minimum atomic E-state index is 0.152. The van der Waals surface area contributed by atoms with Gasteiger partial charge in [-0.25, -0.2) is 0 Å². The maximum absolute atomic E-state index is 12.2. The Labute approximate surface area is 300 Å². The van der Waals surface area contributed by atoms with Crippen molar-refractivity contribution in [2.75, 3.05) is 62.2 Å². The first-order chi connectivity index (χ1) is 23.4. The van der Waals surface area contributed by atoms with Gasteiger partial charge in [0.2, 0.25) is 11.8 Å². The van der Waals surface area contributed by atoms with Crippen LogP contribution >= 0.6 is 23.2 Å². The lowest BCUT2D eigenvalue weighted by Gasteiger charge is -2.35. The molecule has 2 saturated heterocycles. The second kappa shape index (κ2) is 23.4. The highest BCUT2D eigenvalue weighted by Gasteiger charge is 2.20. The first-order valence-electron chi connectivity index (χ1n) is 18.3. The van der Waals surface area contributed by atoms with Crippen LogP contribution in [0.25, 0.3) is 0 Å². The lowest BCUT2D eigenvalue weighted by Crippen LogP contribution is -2.48. The summed E-state index contributed by atoms with van der Waals surface area (Å²) in [6, 6.07) is 15.8. The van der Waals surface area contributed by atoms with Crippen LogP contribution in [0.2, 0.25) is 10.0 Å². The van der Waals surface area contributed by atoms with Crippen LogP contribution < -0.4 is 9.80 Å². The van der Waals surface area contributed by atoms with Crippen LogP contribution in [0.5, 0.6) is 0 Å². The fourth-order valence-electron chi connectivity index (χ4n) is 5.98. The Balaban J connectivity index is 0.000000260. The first-order valence-corrected chi connectivity index (χ1v) is 19.1. The number of unbranched alkanes of at least 4 members (excludes halogenated alkanes) is 10. The molecule has 48 heavy (non-hydrogen) atoms. The Bertz CT molecular complexity index is 1140. The van der Waals surface area contributed by atoms with Crippen molar-refractivity contribution in [2.45, 2.75) is 90.9 Å². The van der Waals surface area contributed by atoms with E-state index in [1.165, 1.54) is 75.6 Å². The summed E-state index contributed by atoms with van der Waals surface area (Å²) >= 11 is 11.9. The summed E-state index contributed by atoms with van der Waals surface area (Å²) in [7, 11) is 0. The van der Waals surface area contributed by atoms with Gasteiger partial charge in [0, 0.05) is 73.8 Å². The molecule has 0 atom stereocenters. The summed E-state index contributed by atoms with van der Waals surface area (Å²) in [5.74, 6) is 0.304. The number of carbonyl (C=O) groups excluding carboxylic acids is 2. The van der Waals surface area contributed by atoms with Crippen LogP contribution in [-0.2, 0) is 9.59 Å². The van der Waals surface area contributed by atoms with Crippen molar-refractivity contribution in [1.29, 1.82) is 0 Å². The highest BCUT2D eigenvalue weighted by Crippen LogP contribution is 2.21. The molecule has 2 heterocycles. The predicted molar refractivity (Wildman–Crippen MR) is 206 cm³/mol. The molecule has 0 unspecified atom stereocenters. The monoisotopic (exact) mass is 696 g/mol. The summed E-state index contributed by atoms with van der Waals surface area (Å²) in [5.41, 5.74) is 2.35. The van der Waals surface area contributed by atoms with Gasteiger partial charge in [0.15, 0.2) is 0 Å². The van der Waals surface area contributed by atoms with Gasteiger partial charge in [-0.2, -0.15) is 0 Å². The molecular formula is C40H58Cl2N4O2. The molecule has 2 fully saturated rings. The van der Waals surface area contributed by atoms with E-state index < -0.39 is 0 Å². The van der Waals surface area contributed by atoms with Crippen molar-refractivity contribution >= 4 is 46.4 Å². The molecular weight excluding hydrogens is 639 g/mol. The van der Waals surface area contributed by atoms with Crippen LogP contribution in [0.3, 0.4) is 0 Å². The normalized spacial score (nSPS) is 15.2. The van der Waals surface area contributed by atoms with E-state index in [0.29, 0.717) is 0 Å². The molecule has 4 rings (SSSR count). The quantitative estimate of drug-likeness (QED) is 0.130. The van der Waals surface area contributed by atoms with Crippen molar-refractivity contribution in [3.05, 3.63) is 82.9 Å². The molecule has 0 saturated carbocycles. The molecule has 2 amide bonds. The van der Waals surface area contributed by atoms with Gasteiger partial charge in [0.25, 0.3) is 0 Å². The fourth-order valence-corrected chi connectivity index (χ4v) is 6.24. The molecule has 0 radical (unpaired) electrons. The Morgan fingerprint density at radius 3 is 1.19 bits per heavy atom. The second-order valence-corrected chi connectivity index (χ2v) is 13.7. The molecule has 2 aliphatic heterocycles. The van der Waals surface area contributed by atoms with Crippen LogP contribution in [0.4, 0.5) is 11.4 Å². The Morgan fingerprint density at radius 1 is 0.521 bits per heavy atom. The van der Waals surface area contributed by atoms with E-state index in [1.54, 1.807) is 12.2 Å². The van der Waals surface area contributed by atoms with Crippen molar-refractivity contribution in [3.63, 3.8) is 0 Å². The fraction of sp³-hybridized carbons (Fsp3) is 0.550. The number of hydrogen-bond donors (Lipinski definition) is 0. The molecule has 264 valence electrons. The largest absolute Gasteiger partial charge is 0.368 e. The molecule has 0 aromatic heterocycles. The smallest absolute Gasteiger partial charge is 0.246 e. The van der Waals surface area contributed by atoms with Crippen molar-refractivity contribution < 1.29 is 9.59 Å². The summed E-state index contributed by atoms with van der Waals surface area (Å²) in [6.45, 7) is 11.1. The highest BCUT2D eigenvalue weighted by atomic mass is 35.5. The van der Waals surface area contributed by atoms with E-state index in [1.807, 2.05) is 70.5 Å². The van der Waals surface area contributed by atoms with Crippen LogP contribution in [0.1, 0.15) is 90.9 Å². The minimum Gasteiger partial charge on any atom is -0.368 e. The van der Waals surface area contributed by atoms with Crippen LogP contribution in [0.15, 0.2) is 72.8 Å². The number of allylic oxidation sites excluding steroid dienone is 2. The van der Waals surface area contributed by atoms with Gasteiger partial charge in [0.05, 0.1) is 0 Å². The number of hydrogen-bond acceptors (Lipinski definition) is 4. The third-order valence-corrected chi connectivity index (χ3v) is 9.54. The summed E-state index contributed by atoms with van der Waals surface area (Å²) in [4.78, 5) is 32.9. The lowest BCUT2D eigenvalue weighted by atomic mass is 10.1. The average molecular weight is 698 g/mol. The zero-order valence-corrected chi connectivity index (χ0v) is 30.9. The number of piperazine rings is 2. The van der Waals surface area contributed by atoms with Gasteiger partial charge < -0.3 is 19.6 Å². The number of benzene rings is 2. The third kappa shape index (κ3) is 15.1. The highest BCUT2D eigenvalue weighted by molar-refractivity contribution is 6.30. The van der Waals surface area contributed by atoms with Gasteiger partial charge in [-0.05, 0) is 86.4 Å². The second-order valence-electron chi connectivity index (χ2n) is 12.8. The Morgan fingerprint density at radius 2 is 0.854 bits per heavy atom. The molecule has 0 spiro atoms. The summed E-state index contributed by atoms with van der Waals surface area (Å²) in [5, 5.41) is 1.51. The van der Waals surface area contributed by atoms with Crippen LogP contribution in [0, 0.1) is 0 Å². The zero-order valence-electron chi connectivity index (χ0n) is 29.4. The van der Waals surface area contributed by atoms with Crippen LogP contribution in [-0.4, -0.2) is 74.0 Å². The number of carbonyl (C=O) groups is 2. The van der Waals surface area contributed by atoms with Gasteiger partial charge in [0.1, 0.15) is 0 Å². The van der Waals surface area contributed by atoms with E-state index in [9.17, 15) is 9.59 Å². The topological polar surface area (TPSA) is 47.1 Å². The number of amides is 2. The molecule has 0 bridgehead atoms. The molecule has 0 N–H and O–H groups in total.